The van der Waals surface area contributed by atoms with Crippen molar-refractivity contribution < 1.29 is 14.6 Å². The molecule has 0 aromatic heterocycles. The van der Waals surface area contributed by atoms with Gasteiger partial charge in [0.05, 0.1) is 11.7 Å². The highest BCUT2D eigenvalue weighted by Crippen LogP contribution is 2.34. The van der Waals surface area contributed by atoms with E-state index in [0.717, 1.165) is 6.42 Å². The Morgan fingerprint density at radius 1 is 1.53 bits per heavy atom. The molecule has 2 unspecified atom stereocenters. The highest BCUT2D eigenvalue weighted by Gasteiger charge is 2.45. The average Bonchev–Trinajstić information content (AvgIpc) is 2.46. The Morgan fingerprint density at radius 2 is 2.13 bits per heavy atom. The summed E-state index contributed by atoms with van der Waals surface area (Å²) in [5, 5.41) is 12.1. The van der Waals surface area contributed by atoms with Crippen molar-refractivity contribution in [1.82, 2.24) is 5.32 Å². The van der Waals surface area contributed by atoms with Gasteiger partial charge in [0, 0.05) is 6.42 Å². The Bertz CT molecular complexity index is 247. The van der Waals surface area contributed by atoms with E-state index in [0.29, 0.717) is 12.8 Å². The van der Waals surface area contributed by atoms with Crippen LogP contribution in [0.3, 0.4) is 0 Å². The van der Waals surface area contributed by atoms with E-state index >= 15 is 0 Å². The van der Waals surface area contributed by atoms with Gasteiger partial charge in [-0.05, 0) is 40.7 Å². The van der Waals surface area contributed by atoms with Gasteiger partial charge in [-0.3, -0.25) is 4.79 Å². The molecule has 0 saturated heterocycles. The Morgan fingerprint density at radius 3 is 2.47 bits per heavy atom. The van der Waals surface area contributed by atoms with Crippen molar-refractivity contribution in [3.8, 4) is 0 Å². The van der Waals surface area contributed by atoms with E-state index in [9.17, 15) is 4.79 Å². The highest BCUT2D eigenvalue weighted by molar-refractivity contribution is 5.79. The minimum Gasteiger partial charge on any atom is -0.480 e. The number of aliphatic carboxylic acids is 1. The molecule has 4 heteroatoms. The third kappa shape index (κ3) is 2.92. The number of likely N-dealkylation sites (N-methyl/N-ethyl adjacent to an activating group) is 1. The van der Waals surface area contributed by atoms with Gasteiger partial charge in [0.25, 0.3) is 0 Å². The number of hydrogen-bond acceptors (Lipinski definition) is 3. The fourth-order valence-corrected chi connectivity index (χ4v) is 2.13. The van der Waals surface area contributed by atoms with Crippen LogP contribution in [-0.2, 0) is 9.53 Å². The maximum absolute atomic E-state index is 11.1. The van der Waals surface area contributed by atoms with Crippen LogP contribution in [0.5, 0.6) is 0 Å². The molecule has 1 saturated carbocycles. The van der Waals surface area contributed by atoms with Gasteiger partial charge in [-0.1, -0.05) is 0 Å². The topological polar surface area (TPSA) is 58.6 Å². The van der Waals surface area contributed by atoms with Gasteiger partial charge in [-0.25, -0.2) is 0 Å². The molecule has 0 heterocycles. The lowest BCUT2D eigenvalue weighted by Gasteiger charge is -2.27. The molecule has 88 valence electrons. The minimum atomic E-state index is -0.782. The first-order valence-electron chi connectivity index (χ1n) is 5.39. The van der Waals surface area contributed by atoms with Crippen LogP contribution in [0, 0.1) is 0 Å². The summed E-state index contributed by atoms with van der Waals surface area (Å²) in [4.78, 5) is 11.1. The number of carboxylic acid groups (broad SMARTS) is 1. The first kappa shape index (κ1) is 12.5. The Balaban J connectivity index is 2.61. The van der Waals surface area contributed by atoms with Crippen LogP contribution in [0.15, 0.2) is 0 Å². The molecule has 2 atom stereocenters. The molecular weight excluding hydrogens is 194 g/mol. The van der Waals surface area contributed by atoms with Crippen molar-refractivity contribution in [2.75, 3.05) is 7.05 Å². The molecule has 4 nitrogen and oxygen atoms in total. The van der Waals surface area contributed by atoms with Crippen molar-refractivity contribution in [3.05, 3.63) is 0 Å². The zero-order chi connectivity index (χ0) is 11.7. The quantitative estimate of drug-likeness (QED) is 0.747. The number of carbonyl (C=O) groups is 1. The summed E-state index contributed by atoms with van der Waals surface area (Å²) in [5.74, 6) is -0.773. The van der Waals surface area contributed by atoms with E-state index in [-0.39, 0.29) is 11.7 Å². The molecule has 2 N–H and O–H groups in total. The van der Waals surface area contributed by atoms with E-state index in [4.69, 9.17) is 9.84 Å². The molecule has 0 amide bonds. The Kier molecular flexibility index (Phi) is 3.41. The fraction of sp³-hybridized carbons (Fsp3) is 0.909. The van der Waals surface area contributed by atoms with Gasteiger partial charge in [0.15, 0.2) is 0 Å². The summed E-state index contributed by atoms with van der Waals surface area (Å²) in [5.41, 5.74) is -0.983. The first-order valence-corrected chi connectivity index (χ1v) is 5.39. The average molecular weight is 215 g/mol. The van der Waals surface area contributed by atoms with E-state index in [2.05, 4.69) is 5.32 Å². The van der Waals surface area contributed by atoms with Gasteiger partial charge in [0.2, 0.25) is 0 Å². The predicted octanol–water partition coefficient (Wildman–Crippen LogP) is 1.40. The molecule has 0 spiro atoms. The summed E-state index contributed by atoms with van der Waals surface area (Å²) in [6.07, 6.45) is 2.05. The van der Waals surface area contributed by atoms with Gasteiger partial charge >= 0.3 is 5.97 Å². The normalized spacial score (nSPS) is 31.9. The third-order valence-corrected chi connectivity index (χ3v) is 2.88. The second-order valence-corrected chi connectivity index (χ2v) is 5.23. The van der Waals surface area contributed by atoms with Crippen LogP contribution >= 0.6 is 0 Å². The fourth-order valence-electron chi connectivity index (χ4n) is 2.13. The molecular formula is C11H21NO3. The number of ether oxygens (including phenoxy) is 1. The number of nitrogens with one attached hydrogen (secondary N) is 1. The van der Waals surface area contributed by atoms with E-state index in [1.165, 1.54) is 0 Å². The molecule has 0 radical (unpaired) electrons. The smallest absolute Gasteiger partial charge is 0.323 e. The lowest BCUT2D eigenvalue weighted by Crippen LogP contribution is -2.48. The molecule has 0 aromatic carbocycles. The van der Waals surface area contributed by atoms with Crippen LogP contribution in [0.2, 0.25) is 0 Å². The lowest BCUT2D eigenvalue weighted by atomic mass is 9.98. The second-order valence-electron chi connectivity index (χ2n) is 5.23. The van der Waals surface area contributed by atoms with Gasteiger partial charge in [0.1, 0.15) is 5.54 Å². The van der Waals surface area contributed by atoms with Crippen LogP contribution < -0.4 is 5.32 Å². The second kappa shape index (κ2) is 4.10. The summed E-state index contributed by atoms with van der Waals surface area (Å²) >= 11 is 0. The molecule has 0 aromatic rings. The van der Waals surface area contributed by atoms with Crippen molar-refractivity contribution in [3.63, 3.8) is 0 Å². The molecule has 0 aliphatic heterocycles. The number of hydrogen-bond donors (Lipinski definition) is 2. The molecule has 15 heavy (non-hydrogen) atoms. The van der Waals surface area contributed by atoms with Gasteiger partial charge < -0.3 is 15.2 Å². The zero-order valence-corrected chi connectivity index (χ0v) is 9.96. The van der Waals surface area contributed by atoms with Crippen LogP contribution in [-0.4, -0.2) is 35.4 Å². The lowest BCUT2D eigenvalue weighted by molar-refractivity contribution is -0.145. The molecule has 1 rings (SSSR count). The number of carboxylic acids is 1. The molecule has 1 aliphatic carbocycles. The highest BCUT2D eigenvalue weighted by atomic mass is 16.5. The Hall–Kier alpha value is -0.610. The van der Waals surface area contributed by atoms with Crippen molar-refractivity contribution in [1.29, 1.82) is 0 Å². The van der Waals surface area contributed by atoms with Crippen molar-refractivity contribution >= 4 is 5.97 Å². The summed E-state index contributed by atoms with van der Waals surface area (Å²) in [7, 11) is 1.70. The summed E-state index contributed by atoms with van der Waals surface area (Å²) < 4.78 is 5.80. The minimum absolute atomic E-state index is 0.0496. The monoisotopic (exact) mass is 215 g/mol. The zero-order valence-electron chi connectivity index (χ0n) is 9.96. The largest absolute Gasteiger partial charge is 0.480 e. The molecule has 1 aliphatic rings. The van der Waals surface area contributed by atoms with Gasteiger partial charge in [-0.15, -0.1) is 0 Å². The van der Waals surface area contributed by atoms with Crippen molar-refractivity contribution in [2.24, 2.45) is 0 Å². The van der Waals surface area contributed by atoms with Crippen LogP contribution in [0.4, 0.5) is 0 Å². The van der Waals surface area contributed by atoms with E-state index in [1.54, 1.807) is 7.05 Å². The molecule has 0 bridgehead atoms. The third-order valence-electron chi connectivity index (χ3n) is 2.88. The maximum Gasteiger partial charge on any atom is 0.323 e. The maximum atomic E-state index is 11.1. The Labute approximate surface area is 91.0 Å². The van der Waals surface area contributed by atoms with Crippen LogP contribution in [0.1, 0.15) is 40.0 Å². The first-order chi connectivity index (χ1) is 6.79. The van der Waals surface area contributed by atoms with Crippen LogP contribution in [0.25, 0.3) is 0 Å². The number of rotatable bonds is 3. The van der Waals surface area contributed by atoms with Crippen molar-refractivity contribution in [2.45, 2.75) is 57.3 Å². The van der Waals surface area contributed by atoms with Gasteiger partial charge in [-0.2, -0.15) is 0 Å². The summed E-state index contributed by atoms with van der Waals surface area (Å²) in [6, 6.07) is 0. The summed E-state index contributed by atoms with van der Waals surface area (Å²) in [6.45, 7) is 5.98. The van der Waals surface area contributed by atoms with E-state index in [1.807, 2.05) is 20.8 Å². The van der Waals surface area contributed by atoms with E-state index < -0.39 is 11.5 Å². The SMILES string of the molecule is CNC1(C(=O)O)CCC(OC(C)(C)C)C1. The molecule has 1 fully saturated rings. The predicted molar refractivity (Wildman–Crippen MR) is 57.9 cm³/mol. The standard InChI is InChI=1S/C11H21NO3/c1-10(2,3)15-8-5-6-11(7-8,12-4)9(13)14/h8,12H,5-7H2,1-4H3,(H,13,14).